The molecule has 180 valence electrons. The van der Waals surface area contributed by atoms with E-state index in [-0.39, 0.29) is 23.5 Å². The third-order valence-corrected chi connectivity index (χ3v) is 6.19. The summed E-state index contributed by atoms with van der Waals surface area (Å²) in [7, 11) is 0. The van der Waals surface area contributed by atoms with Crippen LogP contribution in [-0.2, 0) is 4.79 Å². The Morgan fingerprint density at radius 1 is 1.20 bits per heavy atom. The smallest absolute Gasteiger partial charge is 0.291 e. The van der Waals surface area contributed by atoms with E-state index < -0.39 is 6.10 Å². The van der Waals surface area contributed by atoms with Gasteiger partial charge in [-0.15, -0.1) is 0 Å². The number of nitrogens with one attached hydrogen (secondary N) is 1. The van der Waals surface area contributed by atoms with Crippen LogP contribution in [0.2, 0.25) is 0 Å². The van der Waals surface area contributed by atoms with Crippen LogP contribution in [0.5, 0.6) is 11.5 Å². The van der Waals surface area contributed by atoms with Crippen LogP contribution in [-0.4, -0.2) is 58.3 Å². The largest absolute Gasteiger partial charge is 0.459 e. The quantitative estimate of drug-likeness (QED) is 0.565. The molecule has 1 saturated heterocycles. The summed E-state index contributed by atoms with van der Waals surface area (Å²) in [5.41, 5.74) is 2.77. The maximum Gasteiger partial charge on any atom is 0.291 e. The number of anilines is 1. The van der Waals surface area contributed by atoms with Crippen LogP contribution in [0.3, 0.4) is 0 Å². The maximum atomic E-state index is 12.7. The number of likely N-dealkylation sites (tertiary alicyclic amines) is 1. The number of ether oxygens (including phenoxy) is 1. The molecule has 2 atom stereocenters. The Labute approximate surface area is 202 Å². The summed E-state index contributed by atoms with van der Waals surface area (Å²) in [5.74, 6) is 0.870. The van der Waals surface area contributed by atoms with Gasteiger partial charge in [-0.25, -0.2) is 0 Å². The Balaban J connectivity index is 1.23. The molecule has 0 bridgehead atoms. The number of nitrogens with zero attached hydrogens (tertiary/aromatic N) is 3. The molecular weight excluding hydrogens is 448 g/mol. The van der Waals surface area contributed by atoms with Crippen LogP contribution < -0.4 is 10.1 Å². The van der Waals surface area contributed by atoms with Crippen LogP contribution in [0.4, 0.5) is 5.69 Å². The van der Waals surface area contributed by atoms with Crippen LogP contribution in [0.1, 0.15) is 34.7 Å². The number of aromatic nitrogens is 1. The van der Waals surface area contributed by atoms with E-state index >= 15 is 0 Å². The molecule has 2 unspecified atom stereocenters. The number of carbonyl (C=O) groups excluding carboxylic acids is 2. The molecule has 9 heteroatoms. The van der Waals surface area contributed by atoms with Crippen LogP contribution >= 0.6 is 0 Å². The van der Waals surface area contributed by atoms with Crippen LogP contribution in [0, 0.1) is 12.8 Å². The molecule has 1 fully saturated rings. The van der Waals surface area contributed by atoms with Gasteiger partial charge in [-0.05, 0) is 37.6 Å². The Hall–Kier alpha value is -3.98. The molecular formula is C26H26N4O5. The standard InChI is InChI=1S/C26H26N4O5/c1-16-7-10-34-24(16)25(32)29-18-3-2-4-20(12-18)35-21-5-8-27-23(13-21)22-11-17(14-28-22)26(33)30-9-6-19(31)15-30/h2-5,7-8,10,12-13,17,19,31H,6,9,11,14-15H2,1H3,(H,29,32). The summed E-state index contributed by atoms with van der Waals surface area (Å²) in [5, 5.41) is 12.5. The number of hydrogen-bond donors (Lipinski definition) is 2. The predicted octanol–water partition coefficient (Wildman–Crippen LogP) is 3.43. The number of aliphatic hydroxyl groups excluding tert-OH is 1. The second-order valence-corrected chi connectivity index (χ2v) is 8.81. The SMILES string of the molecule is Cc1ccoc1C(=O)Nc1cccc(Oc2ccnc(C3=NCC(C(=O)N4CCC(O)C4)C3)c2)c1. The number of β-amino-alcohol motifs (C(OH)–C–C–N with tert-alkyl or cyclic N) is 1. The number of rotatable bonds is 6. The summed E-state index contributed by atoms with van der Waals surface area (Å²) in [4.78, 5) is 35.9. The number of carbonyl (C=O) groups is 2. The normalized spacial score (nSPS) is 19.5. The number of furan rings is 1. The van der Waals surface area contributed by atoms with Crippen LogP contribution in [0.25, 0.3) is 0 Å². The van der Waals surface area contributed by atoms with Crippen molar-refractivity contribution < 1.29 is 23.8 Å². The lowest BCUT2D eigenvalue weighted by atomic mass is 10.0. The first-order valence-corrected chi connectivity index (χ1v) is 11.6. The molecule has 2 aromatic heterocycles. The first kappa shape index (κ1) is 22.8. The minimum absolute atomic E-state index is 0.0382. The average molecular weight is 475 g/mol. The minimum Gasteiger partial charge on any atom is -0.459 e. The molecule has 2 amide bonds. The summed E-state index contributed by atoms with van der Waals surface area (Å²) in [6, 6.07) is 12.3. The lowest BCUT2D eigenvalue weighted by Gasteiger charge is -2.19. The van der Waals surface area contributed by atoms with Crippen molar-refractivity contribution in [3.63, 3.8) is 0 Å². The summed E-state index contributed by atoms with van der Waals surface area (Å²) >= 11 is 0. The third-order valence-electron chi connectivity index (χ3n) is 6.19. The van der Waals surface area contributed by atoms with E-state index in [2.05, 4.69) is 15.3 Å². The van der Waals surface area contributed by atoms with Gasteiger partial charge in [0.2, 0.25) is 5.91 Å². The van der Waals surface area contributed by atoms with E-state index in [0.717, 1.165) is 11.3 Å². The number of amides is 2. The van der Waals surface area contributed by atoms with Gasteiger partial charge in [-0.3, -0.25) is 19.6 Å². The van der Waals surface area contributed by atoms with E-state index in [1.807, 2.05) is 6.92 Å². The van der Waals surface area contributed by atoms with Crippen molar-refractivity contribution in [1.29, 1.82) is 0 Å². The number of benzene rings is 1. The maximum absolute atomic E-state index is 12.7. The molecule has 1 aromatic carbocycles. The first-order chi connectivity index (χ1) is 17.0. The number of aliphatic imine (C=N–C) groups is 1. The number of aryl methyl sites for hydroxylation is 1. The fraction of sp³-hybridized carbons (Fsp3) is 0.308. The van der Waals surface area contributed by atoms with E-state index in [4.69, 9.17) is 9.15 Å². The van der Waals surface area contributed by atoms with E-state index in [9.17, 15) is 14.7 Å². The Morgan fingerprint density at radius 3 is 2.83 bits per heavy atom. The van der Waals surface area contributed by atoms with Gasteiger partial charge in [0.15, 0.2) is 5.76 Å². The lowest BCUT2D eigenvalue weighted by molar-refractivity contribution is -0.134. The third kappa shape index (κ3) is 5.09. The zero-order chi connectivity index (χ0) is 24.4. The van der Waals surface area contributed by atoms with Gasteiger partial charge in [0.1, 0.15) is 11.5 Å². The van der Waals surface area contributed by atoms with E-state index in [0.29, 0.717) is 55.4 Å². The van der Waals surface area contributed by atoms with Crippen LogP contribution in [0.15, 0.2) is 64.3 Å². The van der Waals surface area contributed by atoms with Crippen molar-refractivity contribution in [2.45, 2.75) is 25.9 Å². The van der Waals surface area contributed by atoms with E-state index in [1.165, 1.54) is 6.26 Å². The summed E-state index contributed by atoms with van der Waals surface area (Å²) in [6.07, 6.45) is 3.83. The second-order valence-electron chi connectivity index (χ2n) is 8.81. The van der Waals surface area contributed by atoms with Gasteiger partial charge in [0, 0.05) is 49.1 Å². The molecule has 0 radical (unpaired) electrons. The molecule has 3 aromatic rings. The topological polar surface area (TPSA) is 117 Å². The van der Waals surface area contributed by atoms with Gasteiger partial charge in [0.05, 0.1) is 36.2 Å². The van der Waals surface area contributed by atoms with Gasteiger partial charge in [-0.1, -0.05) is 6.07 Å². The summed E-state index contributed by atoms with van der Waals surface area (Å²) in [6.45, 7) is 3.22. The van der Waals surface area contributed by atoms with Crippen molar-refractivity contribution >= 4 is 23.2 Å². The highest BCUT2D eigenvalue weighted by molar-refractivity contribution is 6.04. The first-order valence-electron chi connectivity index (χ1n) is 11.6. The highest BCUT2D eigenvalue weighted by atomic mass is 16.5. The molecule has 35 heavy (non-hydrogen) atoms. The molecule has 5 rings (SSSR count). The molecule has 2 aliphatic rings. The molecule has 0 saturated carbocycles. The predicted molar refractivity (Wildman–Crippen MR) is 129 cm³/mol. The van der Waals surface area contributed by atoms with Crippen molar-refractivity contribution in [2.24, 2.45) is 10.9 Å². The van der Waals surface area contributed by atoms with Gasteiger partial charge < -0.3 is 24.5 Å². The highest BCUT2D eigenvalue weighted by Gasteiger charge is 2.33. The van der Waals surface area contributed by atoms with E-state index in [1.54, 1.807) is 53.6 Å². The van der Waals surface area contributed by atoms with Gasteiger partial charge >= 0.3 is 0 Å². The van der Waals surface area contributed by atoms with Crippen molar-refractivity contribution in [2.75, 3.05) is 25.0 Å². The second kappa shape index (κ2) is 9.71. The summed E-state index contributed by atoms with van der Waals surface area (Å²) < 4.78 is 11.3. The molecule has 0 spiro atoms. The monoisotopic (exact) mass is 474 g/mol. The molecule has 9 nitrogen and oxygen atoms in total. The Morgan fingerprint density at radius 2 is 2.06 bits per heavy atom. The molecule has 2 N–H and O–H groups in total. The number of hydrogen-bond acceptors (Lipinski definition) is 7. The molecule has 2 aliphatic heterocycles. The number of aliphatic hydroxyl groups is 1. The Kier molecular flexibility index (Phi) is 6.33. The fourth-order valence-electron chi connectivity index (χ4n) is 4.33. The van der Waals surface area contributed by atoms with Crippen molar-refractivity contribution in [3.05, 3.63) is 71.9 Å². The van der Waals surface area contributed by atoms with Crippen molar-refractivity contribution in [1.82, 2.24) is 9.88 Å². The Bertz CT molecular complexity index is 1280. The zero-order valence-electron chi connectivity index (χ0n) is 19.3. The molecule has 4 heterocycles. The number of pyridine rings is 1. The lowest BCUT2D eigenvalue weighted by Crippen LogP contribution is -2.35. The molecule has 0 aliphatic carbocycles. The van der Waals surface area contributed by atoms with Gasteiger partial charge in [-0.2, -0.15) is 0 Å². The highest BCUT2D eigenvalue weighted by Crippen LogP contribution is 2.27. The minimum atomic E-state index is -0.433. The average Bonchev–Trinajstić information content (AvgIpc) is 3.60. The van der Waals surface area contributed by atoms with Crippen molar-refractivity contribution in [3.8, 4) is 11.5 Å². The zero-order valence-corrected chi connectivity index (χ0v) is 19.3. The fourth-order valence-corrected chi connectivity index (χ4v) is 4.33. The van der Waals surface area contributed by atoms with Gasteiger partial charge in [0.25, 0.3) is 5.91 Å².